The van der Waals surface area contributed by atoms with Gasteiger partial charge in [-0.25, -0.2) is 0 Å². The lowest BCUT2D eigenvalue weighted by molar-refractivity contribution is -0.527. The van der Waals surface area contributed by atoms with Crippen molar-refractivity contribution >= 4 is 0 Å². The fourth-order valence-corrected chi connectivity index (χ4v) is 1.59. The standard InChI is InChI=1S/C7H13NO2/c1-6-3-2-4-7(5-6)8(9)10/h6-7H,2-5H2,1H3. The molecule has 0 aromatic rings. The zero-order valence-corrected chi connectivity index (χ0v) is 6.25. The van der Waals surface area contributed by atoms with E-state index in [2.05, 4.69) is 6.92 Å². The van der Waals surface area contributed by atoms with Gasteiger partial charge in [0.15, 0.2) is 0 Å². The second kappa shape index (κ2) is 2.99. The molecule has 0 aliphatic heterocycles. The smallest absolute Gasteiger partial charge is 0.213 e. The summed E-state index contributed by atoms with van der Waals surface area (Å²) in [5.41, 5.74) is 0. The fraction of sp³-hybridized carbons (Fsp3) is 1.00. The summed E-state index contributed by atoms with van der Waals surface area (Å²) in [5, 5.41) is 10.3. The van der Waals surface area contributed by atoms with Crippen LogP contribution in [0.4, 0.5) is 0 Å². The first-order chi connectivity index (χ1) is 4.70. The van der Waals surface area contributed by atoms with E-state index in [1.165, 1.54) is 6.42 Å². The molecule has 0 saturated heterocycles. The van der Waals surface area contributed by atoms with Gasteiger partial charge in [0.1, 0.15) is 0 Å². The molecule has 2 atom stereocenters. The predicted octanol–water partition coefficient (Wildman–Crippen LogP) is 1.84. The van der Waals surface area contributed by atoms with Gasteiger partial charge in [0.2, 0.25) is 6.04 Å². The monoisotopic (exact) mass is 143 g/mol. The van der Waals surface area contributed by atoms with Gasteiger partial charge in [-0.15, -0.1) is 0 Å². The van der Waals surface area contributed by atoms with Gasteiger partial charge in [0.25, 0.3) is 0 Å². The lowest BCUT2D eigenvalue weighted by Gasteiger charge is -2.20. The molecule has 0 aromatic carbocycles. The Morgan fingerprint density at radius 2 is 2.20 bits per heavy atom. The van der Waals surface area contributed by atoms with Gasteiger partial charge < -0.3 is 0 Å². The fourth-order valence-electron chi connectivity index (χ4n) is 1.59. The van der Waals surface area contributed by atoms with Crippen LogP contribution in [0.3, 0.4) is 0 Å². The molecule has 58 valence electrons. The van der Waals surface area contributed by atoms with Crippen molar-refractivity contribution < 1.29 is 4.92 Å². The minimum Gasteiger partial charge on any atom is -0.264 e. The van der Waals surface area contributed by atoms with E-state index in [0.29, 0.717) is 5.92 Å². The molecule has 0 heterocycles. The average Bonchev–Trinajstić information content (AvgIpc) is 1.88. The number of nitrogens with zero attached hydrogens (tertiary/aromatic N) is 1. The minimum atomic E-state index is -0.247. The van der Waals surface area contributed by atoms with Gasteiger partial charge in [-0.3, -0.25) is 10.1 Å². The highest BCUT2D eigenvalue weighted by Crippen LogP contribution is 2.24. The van der Waals surface area contributed by atoms with Crippen LogP contribution in [0.2, 0.25) is 0 Å². The molecule has 0 spiro atoms. The van der Waals surface area contributed by atoms with E-state index >= 15 is 0 Å². The summed E-state index contributed by atoms with van der Waals surface area (Å²) >= 11 is 0. The zero-order valence-electron chi connectivity index (χ0n) is 6.25. The third kappa shape index (κ3) is 1.69. The quantitative estimate of drug-likeness (QED) is 0.415. The molecular formula is C7H13NO2. The van der Waals surface area contributed by atoms with Crippen LogP contribution in [-0.2, 0) is 0 Å². The average molecular weight is 143 g/mol. The van der Waals surface area contributed by atoms with Gasteiger partial charge in [0, 0.05) is 17.8 Å². The Labute approximate surface area is 60.6 Å². The molecule has 1 fully saturated rings. The van der Waals surface area contributed by atoms with E-state index in [1.807, 2.05) is 0 Å². The van der Waals surface area contributed by atoms with Crippen LogP contribution >= 0.6 is 0 Å². The van der Waals surface area contributed by atoms with Crippen molar-refractivity contribution in [2.75, 3.05) is 0 Å². The van der Waals surface area contributed by atoms with Crippen LogP contribution in [0.15, 0.2) is 0 Å². The number of rotatable bonds is 1. The van der Waals surface area contributed by atoms with Gasteiger partial charge >= 0.3 is 0 Å². The predicted molar refractivity (Wildman–Crippen MR) is 38.4 cm³/mol. The highest BCUT2D eigenvalue weighted by Gasteiger charge is 2.26. The number of hydrogen-bond donors (Lipinski definition) is 0. The number of nitro groups is 1. The first kappa shape index (κ1) is 7.51. The van der Waals surface area contributed by atoms with Crippen molar-refractivity contribution in [2.45, 2.75) is 38.6 Å². The van der Waals surface area contributed by atoms with Crippen molar-refractivity contribution in [1.29, 1.82) is 0 Å². The summed E-state index contributed by atoms with van der Waals surface area (Å²) in [6.45, 7) is 2.09. The maximum absolute atomic E-state index is 10.3. The Kier molecular flexibility index (Phi) is 2.25. The van der Waals surface area contributed by atoms with E-state index in [0.717, 1.165) is 19.3 Å². The van der Waals surface area contributed by atoms with Crippen LogP contribution < -0.4 is 0 Å². The third-order valence-electron chi connectivity index (χ3n) is 2.21. The number of hydrogen-bond acceptors (Lipinski definition) is 2. The second-order valence-electron chi connectivity index (χ2n) is 3.21. The molecule has 1 saturated carbocycles. The van der Waals surface area contributed by atoms with E-state index in [1.54, 1.807) is 0 Å². The summed E-state index contributed by atoms with van der Waals surface area (Å²) in [4.78, 5) is 10.2. The Bertz CT molecular complexity index is 136. The summed E-state index contributed by atoms with van der Waals surface area (Å²) in [5.74, 6) is 0.559. The highest BCUT2D eigenvalue weighted by atomic mass is 16.6. The molecule has 3 nitrogen and oxygen atoms in total. The molecule has 0 aromatic heterocycles. The summed E-state index contributed by atoms with van der Waals surface area (Å²) in [6.07, 6.45) is 3.78. The van der Waals surface area contributed by atoms with Gasteiger partial charge in [-0.1, -0.05) is 13.3 Å². The molecule has 0 N–H and O–H groups in total. The van der Waals surface area contributed by atoms with Crippen LogP contribution in [0.1, 0.15) is 32.6 Å². The van der Waals surface area contributed by atoms with E-state index in [-0.39, 0.29) is 11.0 Å². The van der Waals surface area contributed by atoms with Crippen LogP contribution in [-0.4, -0.2) is 11.0 Å². The first-order valence-corrected chi connectivity index (χ1v) is 3.83. The van der Waals surface area contributed by atoms with Crippen LogP contribution in [0.5, 0.6) is 0 Å². The molecule has 0 radical (unpaired) electrons. The van der Waals surface area contributed by atoms with Crippen molar-refractivity contribution in [1.82, 2.24) is 0 Å². The van der Waals surface area contributed by atoms with Crippen LogP contribution in [0, 0.1) is 16.0 Å². The lowest BCUT2D eigenvalue weighted by Crippen LogP contribution is -2.25. The molecule has 0 bridgehead atoms. The summed E-state index contributed by atoms with van der Waals surface area (Å²) in [6, 6.07) is -0.247. The Morgan fingerprint density at radius 1 is 1.50 bits per heavy atom. The topological polar surface area (TPSA) is 43.1 Å². The maximum atomic E-state index is 10.3. The van der Waals surface area contributed by atoms with Crippen molar-refractivity contribution in [2.24, 2.45) is 5.92 Å². The van der Waals surface area contributed by atoms with Crippen molar-refractivity contribution in [3.05, 3.63) is 10.1 Å². The molecule has 10 heavy (non-hydrogen) atoms. The Hall–Kier alpha value is -0.600. The molecule has 2 unspecified atom stereocenters. The van der Waals surface area contributed by atoms with Crippen molar-refractivity contribution in [3.8, 4) is 0 Å². The molecule has 1 rings (SSSR count). The van der Waals surface area contributed by atoms with Crippen LogP contribution in [0.25, 0.3) is 0 Å². The molecule has 1 aliphatic carbocycles. The molecular weight excluding hydrogens is 130 g/mol. The summed E-state index contributed by atoms with van der Waals surface area (Å²) in [7, 11) is 0. The highest BCUT2D eigenvalue weighted by molar-refractivity contribution is 4.69. The molecule has 0 amide bonds. The lowest BCUT2D eigenvalue weighted by atomic mass is 9.87. The van der Waals surface area contributed by atoms with Gasteiger partial charge in [-0.2, -0.15) is 0 Å². The Balaban J connectivity index is 2.39. The van der Waals surface area contributed by atoms with E-state index < -0.39 is 0 Å². The second-order valence-corrected chi connectivity index (χ2v) is 3.21. The first-order valence-electron chi connectivity index (χ1n) is 3.83. The third-order valence-corrected chi connectivity index (χ3v) is 2.21. The largest absolute Gasteiger partial charge is 0.264 e. The molecule has 3 heteroatoms. The van der Waals surface area contributed by atoms with Crippen molar-refractivity contribution in [3.63, 3.8) is 0 Å². The Morgan fingerprint density at radius 3 is 2.60 bits per heavy atom. The SMILES string of the molecule is CC1CCCC([N+](=O)[O-])C1. The maximum Gasteiger partial charge on any atom is 0.213 e. The van der Waals surface area contributed by atoms with Gasteiger partial charge in [-0.05, 0) is 12.3 Å². The van der Waals surface area contributed by atoms with E-state index in [4.69, 9.17) is 0 Å². The zero-order chi connectivity index (χ0) is 7.56. The summed E-state index contributed by atoms with van der Waals surface area (Å²) < 4.78 is 0. The minimum absolute atomic E-state index is 0.129. The van der Waals surface area contributed by atoms with Gasteiger partial charge in [0.05, 0.1) is 0 Å². The normalized spacial score (nSPS) is 33.7. The van der Waals surface area contributed by atoms with E-state index in [9.17, 15) is 10.1 Å². The molecule has 1 aliphatic rings.